The van der Waals surface area contributed by atoms with E-state index in [2.05, 4.69) is 29.2 Å². The van der Waals surface area contributed by atoms with E-state index in [1.54, 1.807) is 7.11 Å². The van der Waals surface area contributed by atoms with E-state index in [1.165, 1.54) is 5.56 Å². The minimum absolute atomic E-state index is 0.246. The molecule has 0 amide bonds. The number of benzene rings is 1. The first-order chi connectivity index (χ1) is 9.22. The van der Waals surface area contributed by atoms with Gasteiger partial charge in [-0.05, 0) is 18.4 Å². The molecule has 0 aromatic heterocycles. The second kappa shape index (κ2) is 7.01. The Hall–Kier alpha value is -0.940. The van der Waals surface area contributed by atoms with Gasteiger partial charge in [-0.1, -0.05) is 30.3 Å². The SMILES string of the molecule is COCOCC1(O)CCN(Cc2ccccc2)CC1. The summed E-state index contributed by atoms with van der Waals surface area (Å²) in [5.41, 5.74) is 0.634. The van der Waals surface area contributed by atoms with E-state index in [0.29, 0.717) is 6.61 Å². The number of methoxy groups -OCH3 is 1. The molecule has 1 fully saturated rings. The molecule has 1 aromatic rings. The summed E-state index contributed by atoms with van der Waals surface area (Å²) in [5.74, 6) is 0. The van der Waals surface area contributed by atoms with Gasteiger partial charge < -0.3 is 14.6 Å². The molecule has 106 valence electrons. The first-order valence-electron chi connectivity index (χ1n) is 6.77. The zero-order valence-electron chi connectivity index (χ0n) is 11.5. The van der Waals surface area contributed by atoms with Gasteiger partial charge in [0.2, 0.25) is 0 Å². The fourth-order valence-corrected chi connectivity index (χ4v) is 2.43. The lowest BCUT2D eigenvalue weighted by Crippen LogP contribution is -2.46. The number of aliphatic hydroxyl groups is 1. The van der Waals surface area contributed by atoms with Crippen LogP contribution in [0.25, 0.3) is 0 Å². The summed E-state index contributed by atoms with van der Waals surface area (Å²) < 4.78 is 10.1. The average Bonchev–Trinajstić information content (AvgIpc) is 2.43. The Morgan fingerprint density at radius 3 is 2.53 bits per heavy atom. The number of hydrogen-bond acceptors (Lipinski definition) is 4. The second-order valence-corrected chi connectivity index (χ2v) is 5.24. The molecule has 1 aliphatic heterocycles. The number of likely N-dealkylation sites (tertiary alicyclic amines) is 1. The van der Waals surface area contributed by atoms with E-state index in [4.69, 9.17) is 9.47 Å². The fraction of sp³-hybridized carbons (Fsp3) is 0.600. The minimum Gasteiger partial charge on any atom is -0.387 e. The molecule has 0 unspecified atom stereocenters. The summed E-state index contributed by atoms with van der Waals surface area (Å²) >= 11 is 0. The van der Waals surface area contributed by atoms with Crippen molar-refractivity contribution in [2.75, 3.05) is 33.6 Å². The van der Waals surface area contributed by atoms with Gasteiger partial charge in [-0.25, -0.2) is 0 Å². The van der Waals surface area contributed by atoms with Crippen LogP contribution in [0.4, 0.5) is 0 Å². The summed E-state index contributed by atoms with van der Waals surface area (Å²) in [6.45, 7) is 3.37. The van der Waals surface area contributed by atoms with Gasteiger partial charge in [0, 0.05) is 26.7 Å². The molecule has 19 heavy (non-hydrogen) atoms. The molecule has 1 N–H and O–H groups in total. The lowest BCUT2D eigenvalue weighted by Gasteiger charge is -2.37. The zero-order chi connectivity index (χ0) is 13.6. The molecule has 0 saturated carbocycles. The van der Waals surface area contributed by atoms with Crippen LogP contribution in [-0.2, 0) is 16.0 Å². The van der Waals surface area contributed by atoms with Crippen LogP contribution in [0.15, 0.2) is 30.3 Å². The number of piperidine rings is 1. The van der Waals surface area contributed by atoms with E-state index < -0.39 is 5.60 Å². The van der Waals surface area contributed by atoms with Gasteiger partial charge >= 0.3 is 0 Å². The highest BCUT2D eigenvalue weighted by molar-refractivity contribution is 5.14. The third-order valence-corrected chi connectivity index (χ3v) is 3.61. The van der Waals surface area contributed by atoms with Crippen molar-refractivity contribution in [2.24, 2.45) is 0 Å². The van der Waals surface area contributed by atoms with Crippen LogP contribution in [-0.4, -0.2) is 49.2 Å². The van der Waals surface area contributed by atoms with Crippen LogP contribution in [0, 0.1) is 0 Å². The molecule has 1 aliphatic rings. The van der Waals surface area contributed by atoms with Crippen molar-refractivity contribution >= 4 is 0 Å². The highest BCUT2D eigenvalue weighted by Gasteiger charge is 2.32. The van der Waals surface area contributed by atoms with Gasteiger partial charge in [-0.2, -0.15) is 0 Å². The third kappa shape index (κ3) is 4.58. The Morgan fingerprint density at radius 1 is 1.21 bits per heavy atom. The molecule has 0 radical (unpaired) electrons. The van der Waals surface area contributed by atoms with E-state index in [-0.39, 0.29) is 6.79 Å². The zero-order valence-corrected chi connectivity index (χ0v) is 11.5. The molecule has 1 heterocycles. The molecular weight excluding hydrogens is 242 g/mol. The number of ether oxygens (including phenoxy) is 2. The number of rotatable bonds is 6. The predicted octanol–water partition coefficient (Wildman–Crippen LogP) is 1.63. The van der Waals surface area contributed by atoms with Gasteiger partial charge in [0.25, 0.3) is 0 Å². The van der Waals surface area contributed by atoms with Crippen molar-refractivity contribution in [2.45, 2.75) is 25.0 Å². The van der Waals surface area contributed by atoms with E-state index in [1.807, 2.05) is 6.07 Å². The normalized spacial score (nSPS) is 19.5. The van der Waals surface area contributed by atoms with Crippen molar-refractivity contribution < 1.29 is 14.6 Å². The van der Waals surface area contributed by atoms with E-state index in [9.17, 15) is 5.11 Å². The molecule has 4 nitrogen and oxygen atoms in total. The van der Waals surface area contributed by atoms with Crippen molar-refractivity contribution in [3.63, 3.8) is 0 Å². The highest BCUT2D eigenvalue weighted by atomic mass is 16.7. The maximum Gasteiger partial charge on any atom is 0.146 e. The van der Waals surface area contributed by atoms with Crippen LogP contribution in [0.1, 0.15) is 18.4 Å². The molecule has 0 spiro atoms. The third-order valence-electron chi connectivity index (χ3n) is 3.61. The quantitative estimate of drug-likeness (QED) is 0.627. The van der Waals surface area contributed by atoms with Crippen LogP contribution in [0.5, 0.6) is 0 Å². The van der Waals surface area contributed by atoms with Gasteiger partial charge in [0.1, 0.15) is 6.79 Å². The topological polar surface area (TPSA) is 41.9 Å². The van der Waals surface area contributed by atoms with Gasteiger partial charge in [0.15, 0.2) is 0 Å². The number of nitrogens with zero attached hydrogens (tertiary/aromatic N) is 1. The van der Waals surface area contributed by atoms with Crippen LogP contribution in [0.3, 0.4) is 0 Å². The molecule has 1 saturated heterocycles. The summed E-state index contributed by atoms with van der Waals surface area (Å²) in [5, 5.41) is 10.4. The first kappa shape index (κ1) is 14.5. The van der Waals surface area contributed by atoms with E-state index >= 15 is 0 Å². The van der Waals surface area contributed by atoms with Gasteiger partial charge in [-0.15, -0.1) is 0 Å². The Bertz CT molecular complexity index is 361. The highest BCUT2D eigenvalue weighted by Crippen LogP contribution is 2.23. The summed E-state index contributed by atoms with van der Waals surface area (Å²) in [6, 6.07) is 10.4. The monoisotopic (exact) mass is 265 g/mol. The molecular formula is C15H23NO3. The molecule has 0 atom stereocenters. The summed E-state index contributed by atoms with van der Waals surface area (Å²) in [7, 11) is 1.59. The van der Waals surface area contributed by atoms with Crippen molar-refractivity contribution in [3.8, 4) is 0 Å². The number of hydrogen-bond donors (Lipinski definition) is 1. The Labute approximate surface area is 114 Å². The smallest absolute Gasteiger partial charge is 0.146 e. The standard InChI is InChI=1S/C15H23NO3/c1-18-13-19-12-15(17)7-9-16(10-8-15)11-14-5-3-2-4-6-14/h2-6,17H,7-13H2,1H3. The molecule has 2 rings (SSSR count). The predicted molar refractivity (Wildman–Crippen MR) is 73.7 cm³/mol. The largest absolute Gasteiger partial charge is 0.387 e. The van der Waals surface area contributed by atoms with Gasteiger partial charge in [-0.3, -0.25) is 4.90 Å². The van der Waals surface area contributed by atoms with Crippen LogP contribution < -0.4 is 0 Å². The molecule has 1 aromatic carbocycles. The fourth-order valence-electron chi connectivity index (χ4n) is 2.43. The van der Waals surface area contributed by atoms with Gasteiger partial charge in [0.05, 0.1) is 12.2 Å². The van der Waals surface area contributed by atoms with E-state index in [0.717, 1.165) is 32.5 Å². The lowest BCUT2D eigenvalue weighted by atomic mass is 9.92. The Morgan fingerprint density at radius 2 is 1.89 bits per heavy atom. The summed E-state index contributed by atoms with van der Waals surface area (Å²) in [6.07, 6.45) is 1.51. The van der Waals surface area contributed by atoms with Crippen LogP contribution in [0.2, 0.25) is 0 Å². The van der Waals surface area contributed by atoms with Crippen LogP contribution >= 0.6 is 0 Å². The maximum atomic E-state index is 10.4. The average molecular weight is 265 g/mol. The first-order valence-corrected chi connectivity index (χ1v) is 6.77. The maximum absolute atomic E-state index is 10.4. The molecule has 4 heteroatoms. The lowest BCUT2D eigenvalue weighted by molar-refractivity contribution is -0.121. The Balaban J connectivity index is 1.75. The Kier molecular flexibility index (Phi) is 5.34. The molecule has 0 bridgehead atoms. The van der Waals surface area contributed by atoms with Crippen molar-refractivity contribution in [1.29, 1.82) is 0 Å². The van der Waals surface area contributed by atoms with Crippen molar-refractivity contribution in [1.82, 2.24) is 4.90 Å². The second-order valence-electron chi connectivity index (χ2n) is 5.24. The molecule has 0 aliphatic carbocycles. The summed E-state index contributed by atoms with van der Waals surface area (Å²) in [4.78, 5) is 2.38. The minimum atomic E-state index is -0.689. The van der Waals surface area contributed by atoms with Crippen molar-refractivity contribution in [3.05, 3.63) is 35.9 Å².